The molecule has 3 heterocycles. The minimum Gasteiger partial charge on any atom is -0.490 e. The third kappa shape index (κ3) is 3.38. The van der Waals surface area contributed by atoms with Crippen molar-refractivity contribution in [3.8, 4) is 22.8 Å². The Balaban J connectivity index is 1.69. The zero-order valence-corrected chi connectivity index (χ0v) is 13.9. The first-order valence-corrected chi connectivity index (χ1v) is 8.17. The summed E-state index contributed by atoms with van der Waals surface area (Å²) in [5.74, 6) is 1.56. The first-order valence-electron chi connectivity index (χ1n) is 8.17. The molecular formula is C19H18N4O2. The molecular weight excluding hydrogens is 316 g/mol. The van der Waals surface area contributed by atoms with Crippen LogP contribution in [0, 0.1) is 0 Å². The van der Waals surface area contributed by atoms with E-state index in [2.05, 4.69) is 15.1 Å². The van der Waals surface area contributed by atoms with Crippen molar-refractivity contribution < 1.29 is 9.47 Å². The number of rotatable bonds is 3. The van der Waals surface area contributed by atoms with E-state index in [1.165, 1.54) is 6.33 Å². The molecule has 0 N–H and O–H groups in total. The first kappa shape index (κ1) is 15.4. The topological polar surface area (TPSA) is 62.1 Å². The lowest BCUT2D eigenvalue weighted by molar-refractivity contribution is 0.297. The Morgan fingerprint density at radius 2 is 1.96 bits per heavy atom. The second-order valence-electron chi connectivity index (χ2n) is 5.79. The monoisotopic (exact) mass is 334 g/mol. The minimum absolute atomic E-state index is 0.666. The standard InChI is InChI=1S/C19H18N4O2/c1-23-12-15(3-5-16-7-8-20-13-21-16)19(22-23)14-4-6-17-18(11-14)25-10-2-9-24-17/h3-8,11-13H,2,9-10H2,1H3/b5-3+. The molecule has 1 aliphatic rings. The van der Waals surface area contributed by atoms with Gasteiger partial charge in [0, 0.05) is 37.0 Å². The fourth-order valence-corrected chi connectivity index (χ4v) is 2.74. The van der Waals surface area contributed by atoms with Crippen LogP contribution in [-0.2, 0) is 7.05 Å². The van der Waals surface area contributed by atoms with Gasteiger partial charge in [0.25, 0.3) is 0 Å². The molecule has 6 nitrogen and oxygen atoms in total. The van der Waals surface area contributed by atoms with Crippen molar-refractivity contribution in [2.45, 2.75) is 6.42 Å². The predicted molar refractivity (Wildman–Crippen MR) is 95.2 cm³/mol. The molecule has 0 bridgehead atoms. The molecule has 1 aromatic carbocycles. The fraction of sp³-hybridized carbons (Fsp3) is 0.211. The largest absolute Gasteiger partial charge is 0.490 e. The number of hydrogen-bond acceptors (Lipinski definition) is 5. The molecule has 0 radical (unpaired) electrons. The summed E-state index contributed by atoms with van der Waals surface area (Å²) in [5.41, 5.74) is 3.75. The van der Waals surface area contributed by atoms with Crippen molar-refractivity contribution in [2.75, 3.05) is 13.2 Å². The lowest BCUT2D eigenvalue weighted by atomic mass is 10.1. The van der Waals surface area contributed by atoms with Gasteiger partial charge in [-0.05, 0) is 36.4 Å². The average molecular weight is 334 g/mol. The summed E-state index contributed by atoms with van der Waals surface area (Å²) < 4.78 is 13.3. The van der Waals surface area contributed by atoms with Crippen LogP contribution in [0.3, 0.4) is 0 Å². The average Bonchev–Trinajstić information content (AvgIpc) is 2.86. The molecule has 2 aromatic heterocycles. The maximum Gasteiger partial charge on any atom is 0.161 e. The number of fused-ring (bicyclic) bond motifs is 1. The number of aryl methyl sites for hydroxylation is 1. The van der Waals surface area contributed by atoms with E-state index in [-0.39, 0.29) is 0 Å². The van der Waals surface area contributed by atoms with E-state index >= 15 is 0 Å². The summed E-state index contributed by atoms with van der Waals surface area (Å²) in [6.07, 6.45) is 10.1. The molecule has 0 unspecified atom stereocenters. The van der Waals surface area contributed by atoms with Gasteiger partial charge in [-0.3, -0.25) is 4.68 Å². The highest BCUT2D eigenvalue weighted by atomic mass is 16.5. The summed E-state index contributed by atoms with van der Waals surface area (Å²) >= 11 is 0. The lowest BCUT2D eigenvalue weighted by Crippen LogP contribution is -1.97. The van der Waals surface area contributed by atoms with Crippen LogP contribution in [0.5, 0.6) is 11.5 Å². The van der Waals surface area contributed by atoms with Gasteiger partial charge in [-0.2, -0.15) is 5.10 Å². The Labute approximate surface area is 145 Å². The minimum atomic E-state index is 0.666. The maximum atomic E-state index is 5.79. The van der Waals surface area contributed by atoms with Gasteiger partial charge in [-0.25, -0.2) is 9.97 Å². The Morgan fingerprint density at radius 1 is 1.08 bits per heavy atom. The first-order chi connectivity index (χ1) is 12.3. The van der Waals surface area contributed by atoms with Gasteiger partial charge >= 0.3 is 0 Å². The molecule has 0 spiro atoms. The third-order valence-electron chi connectivity index (χ3n) is 3.92. The maximum absolute atomic E-state index is 5.79. The zero-order chi connectivity index (χ0) is 17.1. The quantitative estimate of drug-likeness (QED) is 0.736. The molecule has 3 aromatic rings. The molecule has 0 fully saturated rings. The van der Waals surface area contributed by atoms with Gasteiger partial charge in [0.1, 0.15) is 6.33 Å². The lowest BCUT2D eigenvalue weighted by Gasteiger charge is -2.08. The predicted octanol–water partition coefficient (Wildman–Crippen LogP) is 3.21. The van der Waals surface area contributed by atoms with Crippen LogP contribution in [0.15, 0.2) is 43.0 Å². The van der Waals surface area contributed by atoms with Gasteiger partial charge in [0.15, 0.2) is 11.5 Å². The summed E-state index contributed by atoms with van der Waals surface area (Å²) in [6, 6.07) is 7.81. The molecule has 1 aliphatic heterocycles. The number of benzene rings is 1. The second kappa shape index (κ2) is 6.76. The van der Waals surface area contributed by atoms with Crippen molar-refractivity contribution >= 4 is 12.2 Å². The van der Waals surface area contributed by atoms with Gasteiger partial charge in [0.05, 0.1) is 24.6 Å². The van der Waals surface area contributed by atoms with E-state index in [0.717, 1.165) is 40.4 Å². The van der Waals surface area contributed by atoms with Crippen molar-refractivity contribution in [3.05, 3.63) is 54.2 Å². The zero-order valence-electron chi connectivity index (χ0n) is 13.9. The van der Waals surface area contributed by atoms with Crippen LogP contribution in [0.1, 0.15) is 17.7 Å². The number of nitrogens with zero attached hydrogens (tertiary/aromatic N) is 4. The molecule has 25 heavy (non-hydrogen) atoms. The molecule has 0 saturated carbocycles. The van der Waals surface area contributed by atoms with E-state index in [1.54, 1.807) is 10.9 Å². The summed E-state index contributed by atoms with van der Waals surface area (Å²) in [5, 5.41) is 4.60. The van der Waals surface area contributed by atoms with Crippen LogP contribution >= 0.6 is 0 Å². The SMILES string of the molecule is Cn1cc(/C=C/c2ccncn2)c(-c2ccc3c(c2)OCCCO3)n1. The van der Waals surface area contributed by atoms with Crippen LogP contribution in [0.25, 0.3) is 23.4 Å². The van der Waals surface area contributed by atoms with Crippen LogP contribution in [0.2, 0.25) is 0 Å². The molecule has 0 saturated heterocycles. The summed E-state index contributed by atoms with van der Waals surface area (Å²) in [4.78, 5) is 8.14. The van der Waals surface area contributed by atoms with Crippen LogP contribution in [-0.4, -0.2) is 33.0 Å². The fourth-order valence-electron chi connectivity index (χ4n) is 2.74. The van der Waals surface area contributed by atoms with Crippen molar-refractivity contribution in [3.63, 3.8) is 0 Å². The molecule has 0 aliphatic carbocycles. The van der Waals surface area contributed by atoms with Gasteiger partial charge in [0.2, 0.25) is 0 Å². The van der Waals surface area contributed by atoms with Crippen molar-refractivity contribution in [1.82, 2.24) is 19.7 Å². The molecule has 126 valence electrons. The molecule has 0 amide bonds. The van der Waals surface area contributed by atoms with E-state index in [4.69, 9.17) is 9.47 Å². The van der Waals surface area contributed by atoms with Gasteiger partial charge in [-0.15, -0.1) is 0 Å². The Bertz CT molecular complexity index is 903. The highest BCUT2D eigenvalue weighted by Gasteiger charge is 2.14. The summed E-state index contributed by atoms with van der Waals surface area (Å²) in [6.45, 7) is 1.35. The van der Waals surface area contributed by atoms with Gasteiger partial charge in [-0.1, -0.05) is 0 Å². The van der Waals surface area contributed by atoms with Crippen molar-refractivity contribution in [1.29, 1.82) is 0 Å². The van der Waals surface area contributed by atoms with Crippen LogP contribution in [0.4, 0.5) is 0 Å². The third-order valence-corrected chi connectivity index (χ3v) is 3.92. The Morgan fingerprint density at radius 3 is 2.80 bits per heavy atom. The Kier molecular flexibility index (Phi) is 4.16. The second-order valence-corrected chi connectivity index (χ2v) is 5.79. The van der Waals surface area contributed by atoms with E-state index < -0.39 is 0 Å². The number of aromatic nitrogens is 4. The number of ether oxygens (including phenoxy) is 2. The molecule has 4 rings (SSSR count). The molecule has 0 atom stereocenters. The molecule has 6 heteroatoms. The van der Waals surface area contributed by atoms with E-state index in [1.807, 2.05) is 49.7 Å². The highest BCUT2D eigenvalue weighted by Crippen LogP contribution is 2.35. The number of hydrogen-bond donors (Lipinski definition) is 0. The van der Waals surface area contributed by atoms with E-state index in [0.29, 0.717) is 13.2 Å². The highest BCUT2D eigenvalue weighted by molar-refractivity contribution is 5.78. The smallest absolute Gasteiger partial charge is 0.161 e. The van der Waals surface area contributed by atoms with Crippen LogP contribution < -0.4 is 9.47 Å². The normalized spacial score (nSPS) is 13.8. The summed E-state index contributed by atoms with van der Waals surface area (Å²) in [7, 11) is 1.91. The van der Waals surface area contributed by atoms with E-state index in [9.17, 15) is 0 Å². The van der Waals surface area contributed by atoms with Gasteiger partial charge < -0.3 is 9.47 Å². The van der Waals surface area contributed by atoms with Crippen molar-refractivity contribution in [2.24, 2.45) is 7.05 Å². The Hall–Kier alpha value is -3.15.